The number of nitrogens with zero attached hydrogens (tertiary/aromatic N) is 1. The highest BCUT2D eigenvalue weighted by atomic mass is 16.7. The number of methoxy groups -OCH3 is 1. The van der Waals surface area contributed by atoms with E-state index in [1.165, 1.54) is 6.92 Å². The van der Waals surface area contributed by atoms with E-state index in [2.05, 4.69) is 12.2 Å². The molecule has 2 saturated heterocycles. The second-order valence-corrected chi connectivity index (χ2v) is 17.2. The van der Waals surface area contributed by atoms with Crippen molar-refractivity contribution >= 4 is 5.97 Å². The third-order valence-corrected chi connectivity index (χ3v) is 12.6. The summed E-state index contributed by atoms with van der Waals surface area (Å²) in [5, 5.41) is 50.4. The Hall–Kier alpha value is -0.970. The third kappa shape index (κ3) is 10.0. The largest absolute Gasteiger partial charge is 0.459 e. The lowest BCUT2D eigenvalue weighted by molar-refractivity contribution is -0.281. The Morgan fingerprint density at radius 2 is 1.65 bits per heavy atom. The van der Waals surface area contributed by atoms with Crippen molar-refractivity contribution in [3.05, 3.63) is 0 Å². The molecule has 0 aromatic heterocycles. The van der Waals surface area contributed by atoms with Gasteiger partial charge in [-0.05, 0) is 93.2 Å². The lowest BCUT2D eigenvalue weighted by Gasteiger charge is -2.49. The molecule has 0 spiro atoms. The fourth-order valence-electron chi connectivity index (χ4n) is 8.96. The molecule has 13 heteroatoms. The van der Waals surface area contributed by atoms with Gasteiger partial charge in [0.2, 0.25) is 0 Å². The summed E-state index contributed by atoms with van der Waals surface area (Å²) in [7, 11) is 5.34. The molecule has 0 radical (unpaired) electrons. The second-order valence-electron chi connectivity index (χ2n) is 17.2. The summed E-state index contributed by atoms with van der Waals surface area (Å²) in [5.74, 6) is -2.36. The maximum atomic E-state index is 14.2. The summed E-state index contributed by atoms with van der Waals surface area (Å²) < 4.78 is 31.9. The zero-order valence-corrected chi connectivity index (χ0v) is 33.7. The van der Waals surface area contributed by atoms with Crippen LogP contribution in [0.2, 0.25) is 0 Å². The van der Waals surface area contributed by atoms with Crippen molar-refractivity contribution in [2.45, 2.75) is 185 Å². The average Bonchev–Trinajstić information content (AvgIpc) is 3.06. The van der Waals surface area contributed by atoms with Crippen LogP contribution in [0.3, 0.4) is 0 Å². The van der Waals surface area contributed by atoms with Crippen molar-refractivity contribution in [1.29, 1.82) is 0 Å². The van der Waals surface area contributed by atoms with Gasteiger partial charge in [0.1, 0.15) is 11.7 Å². The number of hydrogen-bond acceptors (Lipinski definition) is 13. The molecule has 3 aliphatic rings. The molecule has 1 aliphatic carbocycles. The quantitative estimate of drug-likeness (QED) is 0.210. The van der Waals surface area contributed by atoms with E-state index in [0.29, 0.717) is 13.0 Å². The van der Waals surface area contributed by atoms with Crippen LogP contribution in [-0.4, -0.2) is 143 Å². The maximum Gasteiger partial charge on any atom is 0.311 e. The number of nitrogens with two attached hydrogens (primary N) is 1. The number of carbonyl (C=O) groups excluding carboxylic acids is 1. The first-order chi connectivity index (χ1) is 23.5. The molecule has 0 aromatic rings. The van der Waals surface area contributed by atoms with Crippen LogP contribution in [0.1, 0.15) is 101 Å². The minimum atomic E-state index is -1.75. The summed E-state index contributed by atoms with van der Waals surface area (Å²) in [4.78, 5) is 16.2. The molecule has 0 aromatic carbocycles. The van der Waals surface area contributed by atoms with E-state index in [1.807, 2.05) is 53.6 Å². The highest BCUT2D eigenvalue weighted by molar-refractivity contribution is 5.73. The molecule has 300 valence electrons. The lowest BCUT2D eigenvalue weighted by atomic mass is 9.77. The molecule has 0 amide bonds. The normalized spacial score (nSPS) is 50.2. The van der Waals surface area contributed by atoms with E-state index >= 15 is 0 Å². The van der Waals surface area contributed by atoms with Crippen LogP contribution in [-0.2, 0) is 28.5 Å². The Morgan fingerprint density at radius 1 is 1.02 bits per heavy atom. The van der Waals surface area contributed by atoms with Crippen LogP contribution in [0, 0.1) is 23.7 Å². The van der Waals surface area contributed by atoms with Crippen molar-refractivity contribution in [3.63, 3.8) is 0 Å². The number of nitrogens with one attached hydrogen (secondary N) is 1. The van der Waals surface area contributed by atoms with Gasteiger partial charge in [0.25, 0.3) is 0 Å². The predicted octanol–water partition coefficient (Wildman–Crippen LogP) is 2.19. The van der Waals surface area contributed by atoms with Crippen molar-refractivity contribution in [1.82, 2.24) is 10.2 Å². The summed E-state index contributed by atoms with van der Waals surface area (Å²) in [6.45, 7) is 18.8. The molecule has 7 N–H and O–H groups in total. The monoisotopic (exact) mass is 732 g/mol. The van der Waals surface area contributed by atoms with E-state index in [9.17, 15) is 25.2 Å². The zero-order chi connectivity index (χ0) is 38.8. The fourth-order valence-corrected chi connectivity index (χ4v) is 8.96. The standard InChI is InChI=1S/C38H73N3O10/c1-14-28-38(10,46)33(43)21(3)19-41(12)22(4)17-36(8,45)34(49-27-16-20(2)15-26(40-11)30(27)42)23(5)31(24(6)35(44)50-28)51-29-18-37(9,47-13)32(39)25(7)48-29/h20-34,40,42-43,45-46H,14-19,39H2,1-13H3/t20-,21+,22-,23+,24-,25+,26+,27?,28-,29+,30-,31+,32?,33-,34-,36?,37-,38-/m1/s1. The van der Waals surface area contributed by atoms with Gasteiger partial charge in [0.15, 0.2) is 6.29 Å². The molecule has 3 rings (SSSR count). The number of aliphatic hydroxyl groups excluding tert-OH is 2. The number of ether oxygens (including phenoxy) is 5. The van der Waals surface area contributed by atoms with E-state index in [1.54, 1.807) is 27.9 Å². The van der Waals surface area contributed by atoms with Crippen LogP contribution in [0.15, 0.2) is 0 Å². The molecule has 3 unspecified atom stereocenters. The Bertz CT molecular complexity index is 1110. The fraction of sp³-hybridized carbons (Fsp3) is 0.974. The molecular weight excluding hydrogens is 658 g/mol. The van der Waals surface area contributed by atoms with Crippen molar-refractivity contribution in [3.8, 4) is 0 Å². The number of carbonyl (C=O) groups is 1. The summed E-state index contributed by atoms with van der Waals surface area (Å²) >= 11 is 0. The number of aliphatic hydroxyl groups is 4. The number of esters is 1. The first kappa shape index (κ1) is 44.4. The van der Waals surface area contributed by atoms with Crippen LogP contribution in [0.4, 0.5) is 0 Å². The van der Waals surface area contributed by atoms with Gasteiger partial charge < -0.3 is 60.1 Å². The van der Waals surface area contributed by atoms with Crippen LogP contribution < -0.4 is 11.1 Å². The second kappa shape index (κ2) is 17.7. The Morgan fingerprint density at radius 3 is 2.22 bits per heavy atom. The van der Waals surface area contributed by atoms with E-state index < -0.39 is 95.6 Å². The number of cyclic esters (lactones) is 1. The molecule has 18 atom stereocenters. The average molecular weight is 732 g/mol. The Kier molecular flexibility index (Phi) is 15.4. The Labute approximate surface area is 307 Å². The van der Waals surface area contributed by atoms with Gasteiger partial charge in [0.05, 0.1) is 59.8 Å². The highest BCUT2D eigenvalue weighted by Crippen LogP contribution is 2.40. The van der Waals surface area contributed by atoms with Crippen LogP contribution >= 0.6 is 0 Å². The number of rotatable bonds is 7. The smallest absolute Gasteiger partial charge is 0.311 e. The molecule has 1 saturated carbocycles. The van der Waals surface area contributed by atoms with Gasteiger partial charge in [-0.25, -0.2) is 0 Å². The highest BCUT2D eigenvalue weighted by Gasteiger charge is 2.52. The maximum absolute atomic E-state index is 14.2. The van der Waals surface area contributed by atoms with Gasteiger partial charge in [-0.15, -0.1) is 0 Å². The molecule has 2 aliphatic heterocycles. The van der Waals surface area contributed by atoms with Crippen LogP contribution in [0.5, 0.6) is 0 Å². The van der Waals surface area contributed by atoms with Crippen molar-refractivity contribution in [2.75, 3.05) is 27.7 Å². The molecule has 13 nitrogen and oxygen atoms in total. The molecule has 2 heterocycles. The third-order valence-electron chi connectivity index (χ3n) is 12.6. The zero-order valence-electron chi connectivity index (χ0n) is 33.7. The van der Waals surface area contributed by atoms with Gasteiger partial charge >= 0.3 is 5.97 Å². The molecular formula is C38H73N3O10. The van der Waals surface area contributed by atoms with Gasteiger partial charge in [0, 0.05) is 38.1 Å². The lowest BCUT2D eigenvalue weighted by Crippen LogP contribution is -2.62. The van der Waals surface area contributed by atoms with E-state index in [0.717, 1.165) is 6.42 Å². The number of likely N-dealkylation sites (N-methyl/N-ethyl adjacent to an activating group) is 1. The van der Waals surface area contributed by atoms with Gasteiger partial charge in [-0.2, -0.15) is 0 Å². The first-order valence-electron chi connectivity index (χ1n) is 19.2. The minimum absolute atomic E-state index is 0.188. The summed E-state index contributed by atoms with van der Waals surface area (Å²) in [5.41, 5.74) is 2.50. The topological polar surface area (TPSA) is 185 Å². The summed E-state index contributed by atoms with van der Waals surface area (Å²) in [6.07, 6.45) is -4.55. The first-order valence-corrected chi connectivity index (χ1v) is 19.2. The van der Waals surface area contributed by atoms with E-state index in [-0.39, 0.29) is 37.3 Å². The van der Waals surface area contributed by atoms with Crippen molar-refractivity contribution < 1.29 is 48.9 Å². The Balaban J connectivity index is 2.17. The van der Waals surface area contributed by atoms with Crippen molar-refractivity contribution in [2.24, 2.45) is 29.4 Å². The summed E-state index contributed by atoms with van der Waals surface area (Å²) in [6, 6.07) is -0.806. The van der Waals surface area contributed by atoms with E-state index in [4.69, 9.17) is 29.4 Å². The van der Waals surface area contributed by atoms with Gasteiger partial charge in [-0.3, -0.25) is 4.79 Å². The molecule has 0 bridgehead atoms. The SMILES string of the molecule is CC[C@H]1OC(=O)[C@H](C)[C@@H](O[C@H]2C[C@@](C)(OC)C(N)[C@H](C)O2)[C@H](C)[C@@H](OC2C[C@H](C)C[C@H](NC)[C@H]2O)C(C)(O)C[C@@H](C)N(C)C[C@H](C)[C@@H](O)[C@]1(C)O. The molecule has 51 heavy (non-hydrogen) atoms. The van der Waals surface area contributed by atoms with Crippen LogP contribution in [0.25, 0.3) is 0 Å². The number of hydrogen-bond donors (Lipinski definition) is 6. The van der Waals surface area contributed by atoms with Gasteiger partial charge in [-0.1, -0.05) is 27.7 Å². The predicted molar refractivity (Wildman–Crippen MR) is 195 cm³/mol. The minimum Gasteiger partial charge on any atom is -0.459 e. The molecule has 3 fully saturated rings.